The lowest BCUT2D eigenvalue weighted by atomic mass is 10.1. The van der Waals surface area contributed by atoms with Gasteiger partial charge in [0.2, 0.25) is 15.0 Å². The Bertz CT molecular complexity index is 904. The molecule has 10 heteroatoms. The van der Waals surface area contributed by atoms with E-state index in [2.05, 4.69) is 20.4 Å². The van der Waals surface area contributed by atoms with Crippen molar-refractivity contribution in [2.45, 2.75) is 26.9 Å². The second kappa shape index (κ2) is 9.08. The van der Waals surface area contributed by atoms with Crippen LogP contribution in [-0.2, 0) is 23.1 Å². The first kappa shape index (κ1) is 20.8. The summed E-state index contributed by atoms with van der Waals surface area (Å²) in [7, 11) is -3.13. The quantitative estimate of drug-likeness (QED) is 0.720. The fourth-order valence-corrected chi connectivity index (χ4v) is 4.80. The van der Waals surface area contributed by atoms with Crippen molar-refractivity contribution >= 4 is 27.3 Å². The summed E-state index contributed by atoms with van der Waals surface area (Å²) in [6.07, 6.45) is 0. The minimum absolute atomic E-state index is 0.129. The molecule has 152 valence electrons. The Hall–Kier alpha value is -1.88. The van der Waals surface area contributed by atoms with Crippen LogP contribution in [-0.4, -0.2) is 65.7 Å². The maximum atomic E-state index is 12.3. The van der Waals surface area contributed by atoms with Crippen molar-refractivity contribution in [1.82, 2.24) is 24.7 Å². The molecule has 2 heterocycles. The molecule has 1 fully saturated rings. The number of nitrogens with zero attached hydrogens (tertiary/aromatic N) is 4. The van der Waals surface area contributed by atoms with Gasteiger partial charge in [-0.15, -0.1) is 10.2 Å². The van der Waals surface area contributed by atoms with E-state index in [1.807, 2.05) is 31.2 Å². The number of hydrogen-bond donors (Lipinski definition) is 1. The van der Waals surface area contributed by atoms with E-state index >= 15 is 0 Å². The molecule has 1 aliphatic rings. The van der Waals surface area contributed by atoms with Crippen LogP contribution in [0.5, 0.6) is 0 Å². The van der Waals surface area contributed by atoms with E-state index in [4.69, 9.17) is 0 Å². The highest BCUT2D eigenvalue weighted by Crippen LogP contribution is 2.15. The highest BCUT2D eigenvalue weighted by atomic mass is 32.2. The Balaban J connectivity index is 1.49. The lowest BCUT2D eigenvalue weighted by molar-refractivity contribution is 0.0950. The Morgan fingerprint density at radius 3 is 2.46 bits per heavy atom. The van der Waals surface area contributed by atoms with Gasteiger partial charge in [0, 0.05) is 32.7 Å². The third-order valence-corrected chi connectivity index (χ3v) is 7.47. The van der Waals surface area contributed by atoms with Crippen LogP contribution in [0.2, 0.25) is 0 Å². The van der Waals surface area contributed by atoms with Crippen molar-refractivity contribution in [3.8, 4) is 0 Å². The maximum absolute atomic E-state index is 12.3. The van der Waals surface area contributed by atoms with Gasteiger partial charge in [-0.05, 0) is 19.4 Å². The molecule has 1 saturated heterocycles. The summed E-state index contributed by atoms with van der Waals surface area (Å²) >= 11 is 1.28. The molecule has 1 aromatic carbocycles. The highest BCUT2D eigenvalue weighted by Gasteiger charge is 2.26. The number of nitrogens with one attached hydrogen (secondary N) is 1. The molecule has 1 aliphatic heterocycles. The van der Waals surface area contributed by atoms with Gasteiger partial charge < -0.3 is 5.32 Å². The zero-order valence-electron chi connectivity index (χ0n) is 16.1. The molecular weight excluding hydrogens is 398 g/mol. The first-order chi connectivity index (χ1) is 13.4. The Morgan fingerprint density at radius 2 is 1.82 bits per heavy atom. The van der Waals surface area contributed by atoms with Gasteiger partial charge in [0.25, 0.3) is 5.91 Å². The van der Waals surface area contributed by atoms with Crippen molar-refractivity contribution in [3.05, 3.63) is 45.4 Å². The third kappa shape index (κ3) is 5.34. The third-order valence-electron chi connectivity index (χ3n) is 4.68. The van der Waals surface area contributed by atoms with Crippen molar-refractivity contribution in [2.75, 3.05) is 31.9 Å². The molecule has 0 saturated carbocycles. The largest absolute Gasteiger partial charge is 0.346 e. The fourth-order valence-electron chi connectivity index (χ4n) is 2.91. The van der Waals surface area contributed by atoms with Crippen molar-refractivity contribution in [2.24, 2.45) is 0 Å². The molecule has 8 nitrogen and oxygen atoms in total. The zero-order valence-corrected chi connectivity index (χ0v) is 17.7. The topological polar surface area (TPSA) is 95.5 Å². The van der Waals surface area contributed by atoms with Crippen LogP contribution in [0.1, 0.15) is 32.9 Å². The highest BCUT2D eigenvalue weighted by molar-refractivity contribution is 7.89. The predicted octanol–water partition coefficient (Wildman–Crippen LogP) is 1.24. The van der Waals surface area contributed by atoms with Gasteiger partial charge in [-0.25, -0.2) is 8.42 Å². The number of carbonyl (C=O) groups excluding carboxylic acids is 1. The van der Waals surface area contributed by atoms with Gasteiger partial charge in [0.05, 0.1) is 12.3 Å². The van der Waals surface area contributed by atoms with Gasteiger partial charge in [0.15, 0.2) is 0 Å². The molecular formula is C18H25N5O3S2. The minimum Gasteiger partial charge on any atom is -0.346 e. The minimum atomic E-state index is -3.13. The number of sulfonamides is 1. The first-order valence-corrected chi connectivity index (χ1v) is 11.7. The number of carbonyl (C=O) groups is 1. The van der Waals surface area contributed by atoms with Crippen LogP contribution in [0, 0.1) is 6.92 Å². The smallest absolute Gasteiger partial charge is 0.282 e. The van der Waals surface area contributed by atoms with Gasteiger partial charge in [-0.2, -0.15) is 4.31 Å². The summed E-state index contributed by atoms with van der Waals surface area (Å²) in [5, 5.41) is 12.1. The second-order valence-corrected chi connectivity index (χ2v) is 10.1. The number of amides is 1. The molecule has 0 atom stereocenters. The average Bonchev–Trinajstić information content (AvgIpc) is 3.16. The monoisotopic (exact) mass is 423 g/mol. The maximum Gasteiger partial charge on any atom is 0.282 e. The van der Waals surface area contributed by atoms with E-state index in [0.29, 0.717) is 44.3 Å². The molecule has 0 unspecified atom stereocenters. The summed E-state index contributed by atoms with van der Waals surface area (Å²) in [6.45, 7) is 6.96. The molecule has 2 aromatic rings. The second-order valence-electron chi connectivity index (χ2n) is 6.74. The van der Waals surface area contributed by atoms with Crippen molar-refractivity contribution in [3.63, 3.8) is 0 Å². The zero-order chi connectivity index (χ0) is 20.1. The molecule has 1 amide bonds. The summed E-state index contributed by atoms with van der Waals surface area (Å²) in [5.41, 5.74) is 2.21. The summed E-state index contributed by atoms with van der Waals surface area (Å²) in [6, 6.07) is 7.99. The molecule has 0 spiro atoms. The van der Waals surface area contributed by atoms with Gasteiger partial charge >= 0.3 is 0 Å². The van der Waals surface area contributed by atoms with Gasteiger partial charge in [-0.1, -0.05) is 41.2 Å². The molecule has 0 radical (unpaired) electrons. The normalized spacial score (nSPS) is 16.2. The van der Waals surface area contributed by atoms with Gasteiger partial charge in [0.1, 0.15) is 5.01 Å². The van der Waals surface area contributed by atoms with Crippen LogP contribution < -0.4 is 5.32 Å². The number of hydrogen-bond acceptors (Lipinski definition) is 7. The number of rotatable bonds is 7. The van der Waals surface area contributed by atoms with E-state index in [1.54, 1.807) is 6.92 Å². The van der Waals surface area contributed by atoms with Gasteiger partial charge in [-0.3, -0.25) is 9.69 Å². The van der Waals surface area contributed by atoms with Crippen molar-refractivity contribution in [1.29, 1.82) is 0 Å². The summed E-state index contributed by atoms with van der Waals surface area (Å²) in [5.74, 6) is -0.104. The van der Waals surface area contributed by atoms with Crippen LogP contribution in [0.3, 0.4) is 0 Å². The van der Waals surface area contributed by atoms with Crippen LogP contribution in [0.4, 0.5) is 0 Å². The SMILES string of the molecule is CCS(=O)(=O)N1CCN(Cc2nnc(C(=O)NCc3ccc(C)cc3)s2)CC1. The number of aromatic nitrogens is 2. The molecule has 1 N–H and O–H groups in total. The summed E-state index contributed by atoms with van der Waals surface area (Å²) < 4.78 is 25.4. The standard InChI is InChI=1S/C18H25N5O3S2/c1-3-28(25,26)23-10-8-22(9-11-23)13-16-20-21-18(27-16)17(24)19-12-15-6-4-14(2)5-7-15/h4-7H,3,8-13H2,1-2H3,(H,19,24). The predicted molar refractivity (Wildman–Crippen MR) is 109 cm³/mol. The number of piperazine rings is 1. The Labute approximate surface area is 169 Å². The Kier molecular flexibility index (Phi) is 6.76. The van der Waals surface area contributed by atoms with E-state index in [1.165, 1.54) is 21.2 Å². The fraction of sp³-hybridized carbons (Fsp3) is 0.500. The molecule has 3 rings (SSSR count). The average molecular weight is 424 g/mol. The molecule has 0 aliphatic carbocycles. The Morgan fingerprint density at radius 1 is 1.14 bits per heavy atom. The van der Waals surface area contributed by atoms with E-state index < -0.39 is 10.0 Å². The lowest BCUT2D eigenvalue weighted by Gasteiger charge is -2.33. The van der Waals surface area contributed by atoms with Crippen LogP contribution in [0.25, 0.3) is 0 Å². The first-order valence-electron chi connectivity index (χ1n) is 9.23. The molecule has 0 bridgehead atoms. The van der Waals surface area contributed by atoms with E-state index in [-0.39, 0.29) is 11.7 Å². The van der Waals surface area contributed by atoms with Crippen LogP contribution >= 0.6 is 11.3 Å². The number of benzene rings is 1. The van der Waals surface area contributed by atoms with Crippen molar-refractivity contribution < 1.29 is 13.2 Å². The number of aryl methyl sites for hydroxylation is 1. The molecule has 28 heavy (non-hydrogen) atoms. The van der Waals surface area contributed by atoms with E-state index in [9.17, 15) is 13.2 Å². The molecule has 1 aromatic heterocycles. The van der Waals surface area contributed by atoms with Crippen LogP contribution in [0.15, 0.2) is 24.3 Å². The summed E-state index contributed by atoms with van der Waals surface area (Å²) in [4.78, 5) is 14.4. The lowest BCUT2D eigenvalue weighted by Crippen LogP contribution is -2.48. The van der Waals surface area contributed by atoms with E-state index in [0.717, 1.165) is 10.6 Å².